The number of amides is 1. The molecule has 1 atom stereocenters. The number of likely N-dealkylation sites (N-methyl/N-ethyl adjacent to an activating group) is 1. The lowest BCUT2D eigenvalue weighted by molar-refractivity contribution is -0.125. The fraction of sp³-hybridized carbons (Fsp3) is 0.261. The van der Waals surface area contributed by atoms with E-state index in [1.165, 1.54) is 7.11 Å². The molecular weight excluding hydrogens is 398 g/mol. The van der Waals surface area contributed by atoms with E-state index in [0.29, 0.717) is 16.2 Å². The number of hydrogen-bond acceptors (Lipinski definition) is 4. The average Bonchev–Trinajstić information content (AvgIpc) is 2.73. The zero-order valence-electron chi connectivity index (χ0n) is 17.7. The van der Waals surface area contributed by atoms with Gasteiger partial charge < -0.3 is 15.0 Å². The molecule has 0 fully saturated rings. The Labute approximate surface area is 182 Å². The van der Waals surface area contributed by atoms with Crippen LogP contribution in [-0.2, 0) is 9.53 Å². The van der Waals surface area contributed by atoms with Gasteiger partial charge in [-0.2, -0.15) is 0 Å². The number of carbonyl (C=O) groups excluding carboxylic acids is 2. The molecule has 0 unspecified atom stereocenters. The highest BCUT2D eigenvalue weighted by Crippen LogP contribution is 2.34. The molecule has 1 amide bonds. The van der Waals surface area contributed by atoms with Crippen LogP contribution in [0.25, 0.3) is 0 Å². The first-order valence-corrected chi connectivity index (χ1v) is 9.93. The minimum Gasteiger partial charge on any atom is -0.465 e. The second kappa shape index (κ2) is 8.67. The maximum absolute atomic E-state index is 13.1. The van der Waals surface area contributed by atoms with Gasteiger partial charge in [-0.3, -0.25) is 9.69 Å². The molecule has 1 N–H and O–H groups in total. The van der Waals surface area contributed by atoms with Crippen LogP contribution in [0, 0.1) is 6.92 Å². The summed E-state index contributed by atoms with van der Waals surface area (Å²) >= 11 is 5.67. The van der Waals surface area contributed by atoms with Crippen LogP contribution in [0.4, 0.5) is 5.69 Å². The largest absolute Gasteiger partial charge is 0.465 e. The lowest BCUT2D eigenvalue weighted by Gasteiger charge is -2.38. The van der Waals surface area contributed by atoms with Crippen molar-refractivity contribution in [2.75, 3.05) is 26.1 Å². The lowest BCUT2D eigenvalue weighted by atomic mass is 9.93. The molecule has 0 spiro atoms. The molecule has 0 aromatic heterocycles. The zero-order valence-corrected chi connectivity index (χ0v) is 18.5. The number of esters is 1. The molecule has 7 heteroatoms. The van der Waals surface area contributed by atoms with Crippen LogP contribution >= 0.6 is 12.2 Å². The second-order valence-corrected chi connectivity index (χ2v) is 7.75. The summed E-state index contributed by atoms with van der Waals surface area (Å²) < 4.78 is 4.77. The van der Waals surface area contributed by atoms with Gasteiger partial charge in [-0.05, 0) is 55.9 Å². The number of nitrogens with one attached hydrogen (secondary N) is 1. The molecule has 3 rings (SSSR count). The van der Waals surface area contributed by atoms with Crippen LogP contribution < -0.4 is 10.2 Å². The Kier molecular flexibility index (Phi) is 6.22. The predicted molar refractivity (Wildman–Crippen MR) is 121 cm³/mol. The highest BCUT2D eigenvalue weighted by molar-refractivity contribution is 7.80. The monoisotopic (exact) mass is 423 g/mol. The Morgan fingerprint density at radius 2 is 1.63 bits per heavy atom. The van der Waals surface area contributed by atoms with Gasteiger partial charge in [0, 0.05) is 25.5 Å². The summed E-state index contributed by atoms with van der Waals surface area (Å²) in [4.78, 5) is 28.3. The van der Waals surface area contributed by atoms with Crippen LogP contribution in [0.15, 0.2) is 59.8 Å². The summed E-state index contributed by atoms with van der Waals surface area (Å²) in [7, 11) is 4.79. The summed E-state index contributed by atoms with van der Waals surface area (Å²) in [6.45, 7) is 3.92. The van der Waals surface area contributed by atoms with Crippen molar-refractivity contribution in [3.05, 3.63) is 76.5 Å². The number of methoxy groups -OCH3 is 1. The van der Waals surface area contributed by atoms with E-state index in [1.807, 2.05) is 55.1 Å². The van der Waals surface area contributed by atoms with E-state index in [0.717, 1.165) is 22.5 Å². The van der Waals surface area contributed by atoms with Gasteiger partial charge >= 0.3 is 5.97 Å². The van der Waals surface area contributed by atoms with Crippen LogP contribution in [0.1, 0.15) is 34.5 Å². The van der Waals surface area contributed by atoms with Crippen molar-refractivity contribution in [2.24, 2.45) is 0 Å². The molecule has 1 aliphatic rings. The molecule has 0 aliphatic carbocycles. The number of anilines is 1. The Morgan fingerprint density at radius 1 is 1.03 bits per heavy atom. The molecule has 1 heterocycles. The van der Waals surface area contributed by atoms with Gasteiger partial charge in [-0.1, -0.05) is 29.8 Å². The van der Waals surface area contributed by atoms with E-state index in [4.69, 9.17) is 17.0 Å². The van der Waals surface area contributed by atoms with Gasteiger partial charge in [-0.15, -0.1) is 0 Å². The van der Waals surface area contributed by atoms with Gasteiger partial charge in [0.05, 0.1) is 24.3 Å². The number of benzene rings is 2. The zero-order chi connectivity index (χ0) is 22.0. The van der Waals surface area contributed by atoms with Crippen molar-refractivity contribution < 1.29 is 14.3 Å². The smallest absolute Gasteiger partial charge is 0.337 e. The van der Waals surface area contributed by atoms with Gasteiger partial charge in [0.15, 0.2) is 5.11 Å². The quantitative estimate of drug-likeness (QED) is 0.599. The Morgan fingerprint density at radius 3 is 2.17 bits per heavy atom. The van der Waals surface area contributed by atoms with Crippen molar-refractivity contribution in [3.8, 4) is 0 Å². The average molecular weight is 424 g/mol. The number of ether oxygens (including phenoxy) is 1. The topological polar surface area (TPSA) is 61.9 Å². The molecular formula is C23H25N3O3S. The molecule has 0 bridgehead atoms. The second-order valence-electron chi connectivity index (χ2n) is 7.37. The SMILES string of the molecule is COC(=O)c1ccc([C@H]2NC(=S)N(c3ccc(C)cc3)C(C)=C2C(=O)N(C)C)cc1. The standard InChI is InChI=1S/C23H25N3O3S/c1-14-6-12-18(13-7-14)26-15(2)19(21(27)25(3)4)20(24-23(26)30)16-8-10-17(11-9-16)22(28)29-5/h6-13,20H,1-5H3,(H,24,30)/t20-/m1/s1. The minimum absolute atomic E-state index is 0.110. The van der Waals surface area contributed by atoms with Crippen molar-refractivity contribution in [1.29, 1.82) is 0 Å². The maximum atomic E-state index is 13.1. The third kappa shape index (κ3) is 4.07. The van der Waals surface area contributed by atoms with Crippen LogP contribution in [0.2, 0.25) is 0 Å². The van der Waals surface area contributed by atoms with E-state index in [2.05, 4.69) is 5.32 Å². The Bertz CT molecular complexity index is 1010. The summed E-state index contributed by atoms with van der Waals surface area (Å²) in [5, 5.41) is 3.82. The van der Waals surface area contributed by atoms with Crippen molar-refractivity contribution in [1.82, 2.24) is 10.2 Å². The van der Waals surface area contributed by atoms with E-state index >= 15 is 0 Å². The summed E-state index contributed by atoms with van der Waals surface area (Å²) in [6, 6.07) is 14.5. The molecule has 1 aliphatic heterocycles. The Balaban J connectivity index is 2.09. The number of thiocarbonyl (C=S) groups is 1. The highest BCUT2D eigenvalue weighted by Gasteiger charge is 2.35. The first-order chi connectivity index (χ1) is 14.2. The molecule has 0 saturated carbocycles. The fourth-order valence-corrected chi connectivity index (χ4v) is 3.81. The van der Waals surface area contributed by atoms with Crippen LogP contribution in [0.3, 0.4) is 0 Å². The molecule has 6 nitrogen and oxygen atoms in total. The van der Waals surface area contributed by atoms with E-state index < -0.39 is 12.0 Å². The van der Waals surface area contributed by atoms with Gasteiger partial charge in [0.1, 0.15) is 0 Å². The van der Waals surface area contributed by atoms with Gasteiger partial charge in [-0.25, -0.2) is 4.79 Å². The number of rotatable bonds is 4. The number of hydrogen-bond donors (Lipinski definition) is 1. The number of aryl methyl sites for hydroxylation is 1. The van der Waals surface area contributed by atoms with Gasteiger partial charge in [0.2, 0.25) is 0 Å². The first kappa shape index (κ1) is 21.5. The summed E-state index contributed by atoms with van der Waals surface area (Å²) in [5.41, 5.74) is 4.67. The van der Waals surface area contributed by atoms with E-state index in [9.17, 15) is 9.59 Å². The van der Waals surface area contributed by atoms with E-state index in [1.54, 1.807) is 31.1 Å². The Hall–Kier alpha value is -3.19. The highest BCUT2D eigenvalue weighted by atomic mass is 32.1. The molecule has 0 radical (unpaired) electrons. The summed E-state index contributed by atoms with van der Waals surface area (Å²) in [6.07, 6.45) is 0. The number of nitrogens with zero attached hydrogens (tertiary/aromatic N) is 2. The number of carbonyl (C=O) groups is 2. The van der Waals surface area contributed by atoms with E-state index in [-0.39, 0.29) is 5.91 Å². The maximum Gasteiger partial charge on any atom is 0.337 e. The van der Waals surface area contributed by atoms with Crippen molar-refractivity contribution in [3.63, 3.8) is 0 Å². The van der Waals surface area contributed by atoms with Gasteiger partial charge in [0.25, 0.3) is 5.91 Å². The first-order valence-electron chi connectivity index (χ1n) is 9.52. The number of allylic oxidation sites excluding steroid dienone is 1. The molecule has 0 saturated heterocycles. The molecule has 2 aromatic rings. The normalized spacial score (nSPS) is 16.2. The molecule has 2 aromatic carbocycles. The fourth-order valence-electron chi connectivity index (χ4n) is 3.45. The predicted octanol–water partition coefficient (Wildman–Crippen LogP) is 3.58. The van der Waals surface area contributed by atoms with Crippen LogP contribution in [-0.4, -0.2) is 43.1 Å². The molecule has 30 heavy (non-hydrogen) atoms. The summed E-state index contributed by atoms with van der Waals surface area (Å²) in [5.74, 6) is -0.516. The van der Waals surface area contributed by atoms with Crippen molar-refractivity contribution >= 4 is 34.9 Å². The van der Waals surface area contributed by atoms with Crippen LogP contribution in [0.5, 0.6) is 0 Å². The molecule has 156 valence electrons. The minimum atomic E-state index is -0.430. The lowest BCUT2D eigenvalue weighted by Crippen LogP contribution is -2.49. The third-order valence-electron chi connectivity index (χ3n) is 5.08. The van der Waals surface area contributed by atoms with Crippen molar-refractivity contribution in [2.45, 2.75) is 19.9 Å². The third-order valence-corrected chi connectivity index (χ3v) is 5.38.